The van der Waals surface area contributed by atoms with E-state index in [1.165, 1.54) is 5.56 Å². The number of carbonyl (C=O) groups is 1. The Hall–Kier alpha value is -2.33. The predicted octanol–water partition coefficient (Wildman–Crippen LogP) is 3.89. The number of hydrogen-bond acceptors (Lipinski definition) is 3. The molecule has 0 aliphatic carbocycles. The Morgan fingerprint density at radius 1 is 1.13 bits per heavy atom. The molecule has 0 saturated heterocycles. The lowest BCUT2D eigenvalue weighted by Gasteiger charge is -2.16. The highest BCUT2D eigenvalue weighted by Gasteiger charge is 2.07. The number of methoxy groups -OCH3 is 1. The summed E-state index contributed by atoms with van der Waals surface area (Å²) in [6, 6.07) is 16.1. The molecule has 0 bridgehead atoms. The van der Waals surface area contributed by atoms with Gasteiger partial charge in [-0.25, -0.2) is 0 Å². The predicted molar refractivity (Wildman–Crippen MR) is 93.6 cm³/mol. The highest BCUT2D eigenvalue weighted by Crippen LogP contribution is 2.20. The summed E-state index contributed by atoms with van der Waals surface area (Å²) in [6.07, 6.45) is 0.485. The highest BCUT2D eigenvalue weighted by molar-refractivity contribution is 5.90. The SMILES string of the molecule is CCC(=O)Nc1ccc(C(C)NCc2ccccc2OC)cc1. The Morgan fingerprint density at radius 3 is 2.48 bits per heavy atom. The molecule has 2 N–H and O–H groups in total. The number of carbonyl (C=O) groups excluding carboxylic acids is 1. The van der Waals surface area contributed by atoms with E-state index in [0.29, 0.717) is 6.42 Å². The molecule has 1 atom stereocenters. The maximum atomic E-state index is 11.4. The van der Waals surface area contributed by atoms with Crippen LogP contribution in [-0.4, -0.2) is 13.0 Å². The van der Waals surface area contributed by atoms with Crippen LogP contribution in [0.3, 0.4) is 0 Å². The van der Waals surface area contributed by atoms with E-state index >= 15 is 0 Å². The molecule has 0 aromatic heterocycles. The number of hydrogen-bond donors (Lipinski definition) is 2. The Bertz CT molecular complexity index is 638. The van der Waals surface area contributed by atoms with Gasteiger partial charge in [-0.15, -0.1) is 0 Å². The average molecular weight is 312 g/mol. The van der Waals surface area contributed by atoms with Gasteiger partial charge in [0.2, 0.25) is 5.91 Å². The first kappa shape index (κ1) is 17.0. The molecule has 0 spiro atoms. The van der Waals surface area contributed by atoms with Crippen LogP contribution in [0.25, 0.3) is 0 Å². The van der Waals surface area contributed by atoms with Crippen molar-refractivity contribution in [1.29, 1.82) is 0 Å². The first-order valence-corrected chi connectivity index (χ1v) is 7.89. The molecule has 122 valence electrons. The van der Waals surface area contributed by atoms with Crippen LogP contribution in [0, 0.1) is 0 Å². The van der Waals surface area contributed by atoms with Crippen LogP contribution < -0.4 is 15.4 Å². The molecule has 1 amide bonds. The monoisotopic (exact) mass is 312 g/mol. The normalized spacial score (nSPS) is 11.8. The van der Waals surface area contributed by atoms with Crippen molar-refractivity contribution in [1.82, 2.24) is 5.32 Å². The number of amides is 1. The van der Waals surface area contributed by atoms with E-state index in [-0.39, 0.29) is 11.9 Å². The number of benzene rings is 2. The summed E-state index contributed by atoms with van der Waals surface area (Å²) in [6.45, 7) is 4.70. The van der Waals surface area contributed by atoms with E-state index in [4.69, 9.17) is 4.74 Å². The molecule has 0 radical (unpaired) electrons. The third-order valence-electron chi connectivity index (χ3n) is 3.81. The summed E-state index contributed by atoms with van der Waals surface area (Å²) in [7, 11) is 1.69. The largest absolute Gasteiger partial charge is 0.496 e. The molecule has 0 fully saturated rings. The molecular formula is C19H24N2O2. The van der Waals surface area contributed by atoms with Crippen LogP contribution in [0.2, 0.25) is 0 Å². The summed E-state index contributed by atoms with van der Waals surface area (Å²) in [4.78, 5) is 11.4. The van der Waals surface area contributed by atoms with Crippen molar-refractivity contribution < 1.29 is 9.53 Å². The molecule has 0 heterocycles. The van der Waals surface area contributed by atoms with Crippen molar-refractivity contribution in [3.8, 4) is 5.75 Å². The quantitative estimate of drug-likeness (QED) is 0.815. The van der Waals surface area contributed by atoms with Gasteiger partial charge in [0.25, 0.3) is 0 Å². The molecule has 1 unspecified atom stereocenters. The number of ether oxygens (including phenoxy) is 1. The molecule has 0 aliphatic heterocycles. The fraction of sp³-hybridized carbons (Fsp3) is 0.316. The lowest BCUT2D eigenvalue weighted by molar-refractivity contribution is -0.115. The topological polar surface area (TPSA) is 50.4 Å². The zero-order chi connectivity index (χ0) is 16.7. The van der Waals surface area contributed by atoms with Crippen molar-refractivity contribution in [3.05, 3.63) is 59.7 Å². The van der Waals surface area contributed by atoms with Crippen LogP contribution in [0.1, 0.15) is 37.4 Å². The summed E-state index contributed by atoms with van der Waals surface area (Å²) >= 11 is 0. The molecule has 2 aromatic rings. The smallest absolute Gasteiger partial charge is 0.224 e. The van der Waals surface area contributed by atoms with E-state index in [0.717, 1.165) is 23.5 Å². The Balaban J connectivity index is 1.95. The second-order valence-electron chi connectivity index (χ2n) is 5.44. The Kier molecular flexibility index (Phi) is 6.18. The zero-order valence-corrected chi connectivity index (χ0v) is 13.9. The van der Waals surface area contributed by atoms with Crippen LogP contribution in [0.5, 0.6) is 5.75 Å². The Labute approximate surface area is 137 Å². The molecule has 4 heteroatoms. The van der Waals surface area contributed by atoms with Gasteiger partial charge in [0.05, 0.1) is 7.11 Å². The summed E-state index contributed by atoms with van der Waals surface area (Å²) in [5.74, 6) is 0.921. The van der Waals surface area contributed by atoms with Gasteiger partial charge in [0.1, 0.15) is 5.75 Å². The van der Waals surface area contributed by atoms with Crippen molar-refractivity contribution in [3.63, 3.8) is 0 Å². The summed E-state index contributed by atoms with van der Waals surface area (Å²) in [5, 5.41) is 6.35. The number of rotatable bonds is 7. The van der Waals surface area contributed by atoms with Crippen molar-refractivity contribution in [2.75, 3.05) is 12.4 Å². The van der Waals surface area contributed by atoms with Gasteiger partial charge < -0.3 is 15.4 Å². The van der Waals surface area contributed by atoms with Crippen LogP contribution in [0.15, 0.2) is 48.5 Å². The molecule has 0 aliphatic rings. The summed E-state index contributed by atoms with van der Waals surface area (Å²) < 4.78 is 5.37. The maximum absolute atomic E-state index is 11.4. The average Bonchev–Trinajstić information content (AvgIpc) is 2.60. The van der Waals surface area contributed by atoms with Gasteiger partial charge in [-0.2, -0.15) is 0 Å². The van der Waals surface area contributed by atoms with Gasteiger partial charge >= 0.3 is 0 Å². The Morgan fingerprint density at radius 2 is 1.83 bits per heavy atom. The lowest BCUT2D eigenvalue weighted by Crippen LogP contribution is -2.18. The maximum Gasteiger partial charge on any atom is 0.224 e. The minimum atomic E-state index is 0.0279. The molecule has 0 saturated carbocycles. The second kappa shape index (κ2) is 8.34. The van der Waals surface area contributed by atoms with E-state index < -0.39 is 0 Å². The van der Waals surface area contributed by atoms with E-state index in [2.05, 4.69) is 23.6 Å². The fourth-order valence-electron chi connectivity index (χ4n) is 2.33. The van der Waals surface area contributed by atoms with Crippen molar-refractivity contribution in [2.45, 2.75) is 32.9 Å². The van der Waals surface area contributed by atoms with Gasteiger partial charge in [-0.05, 0) is 30.7 Å². The summed E-state index contributed by atoms with van der Waals surface area (Å²) in [5.41, 5.74) is 3.14. The number of nitrogens with one attached hydrogen (secondary N) is 2. The minimum Gasteiger partial charge on any atom is -0.496 e. The zero-order valence-electron chi connectivity index (χ0n) is 13.9. The third kappa shape index (κ3) is 4.83. The fourth-order valence-corrected chi connectivity index (χ4v) is 2.33. The second-order valence-corrected chi connectivity index (χ2v) is 5.44. The van der Waals surface area contributed by atoms with Crippen molar-refractivity contribution in [2.24, 2.45) is 0 Å². The lowest BCUT2D eigenvalue weighted by atomic mass is 10.1. The number of para-hydroxylation sites is 1. The molecule has 2 rings (SSSR count). The molecular weight excluding hydrogens is 288 g/mol. The van der Waals surface area contributed by atoms with E-state index in [1.807, 2.05) is 49.4 Å². The standard InChI is InChI=1S/C19H24N2O2/c1-4-19(22)21-17-11-9-15(10-12-17)14(2)20-13-16-7-5-6-8-18(16)23-3/h5-12,14,20H,4,13H2,1-3H3,(H,21,22). The first-order valence-electron chi connectivity index (χ1n) is 7.89. The van der Waals surface area contributed by atoms with Crippen molar-refractivity contribution >= 4 is 11.6 Å². The third-order valence-corrected chi connectivity index (χ3v) is 3.81. The van der Waals surface area contributed by atoms with Crippen LogP contribution in [-0.2, 0) is 11.3 Å². The van der Waals surface area contributed by atoms with Gasteiger partial charge in [-0.1, -0.05) is 37.3 Å². The minimum absolute atomic E-state index is 0.0279. The highest BCUT2D eigenvalue weighted by atomic mass is 16.5. The van der Waals surface area contributed by atoms with Gasteiger partial charge in [0.15, 0.2) is 0 Å². The van der Waals surface area contributed by atoms with E-state index in [9.17, 15) is 4.79 Å². The molecule has 2 aromatic carbocycles. The molecule has 23 heavy (non-hydrogen) atoms. The molecule has 4 nitrogen and oxygen atoms in total. The van der Waals surface area contributed by atoms with E-state index in [1.54, 1.807) is 7.11 Å². The van der Waals surface area contributed by atoms with Crippen LogP contribution in [0.4, 0.5) is 5.69 Å². The first-order chi connectivity index (χ1) is 11.1. The van der Waals surface area contributed by atoms with Gasteiger partial charge in [-0.3, -0.25) is 4.79 Å². The van der Waals surface area contributed by atoms with Crippen LogP contribution >= 0.6 is 0 Å². The van der Waals surface area contributed by atoms with Gasteiger partial charge in [0, 0.05) is 30.3 Å². The number of anilines is 1.